The van der Waals surface area contributed by atoms with Crippen LogP contribution >= 0.6 is 11.3 Å². The number of fused-ring (bicyclic) bond motifs is 1. The van der Waals surface area contributed by atoms with E-state index in [9.17, 15) is 4.79 Å². The Balaban J connectivity index is 1.37. The first-order valence-electron chi connectivity index (χ1n) is 8.80. The number of nitrogens with zero attached hydrogens (tertiary/aromatic N) is 3. The molecule has 26 heavy (non-hydrogen) atoms. The summed E-state index contributed by atoms with van der Waals surface area (Å²) in [6.45, 7) is 4.77. The second kappa shape index (κ2) is 7.43. The molecule has 1 aromatic heterocycles. The van der Waals surface area contributed by atoms with Crippen LogP contribution in [0.15, 0.2) is 48.5 Å². The number of carboxylic acid groups (broad SMARTS) is 1. The largest absolute Gasteiger partial charge is 0.481 e. The first-order valence-corrected chi connectivity index (χ1v) is 9.61. The van der Waals surface area contributed by atoms with Gasteiger partial charge >= 0.3 is 5.97 Å². The van der Waals surface area contributed by atoms with Crippen molar-refractivity contribution in [2.75, 3.05) is 31.1 Å². The van der Waals surface area contributed by atoms with Crippen LogP contribution < -0.4 is 4.90 Å². The number of anilines is 1. The fourth-order valence-corrected chi connectivity index (χ4v) is 4.38. The van der Waals surface area contributed by atoms with Gasteiger partial charge in [-0.25, -0.2) is 4.98 Å². The topological polar surface area (TPSA) is 56.7 Å². The van der Waals surface area contributed by atoms with Crippen molar-refractivity contribution in [2.24, 2.45) is 0 Å². The summed E-state index contributed by atoms with van der Waals surface area (Å²) < 4.78 is 1.24. The molecule has 1 N–H and O–H groups in total. The van der Waals surface area contributed by atoms with Crippen molar-refractivity contribution in [3.63, 3.8) is 0 Å². The molecule has 2 aromatic carbocycles. The summed E-state index contributed by atoms with van der Waals surface area (Å²) in [6.07, 6.45) is 0.0826. The van der Waals surface area contributed by atoms with Crippen molar-refractivity contribution in [2.45, 2.75) is 13.0 Å². The number of aromatic nitrogens is 1. The molecular formula is C20H21N3O2S. The van der Waals surface area contributed by atoms with Crippen LogP contribution in [-0.4, -0.2) is 47.1 Å². The lowest BCUT2D eigenvalue weighted by molar-refractivity contribution is -0.136. The number of rotatable bonds is 5. The number of para-hydroxylation sites is 1. The molecule has 0 aliphatic carbocycles. The number of aliphatic carboxylic acids is 1. The van der Waals surface area contributed by atoms with Crippen LogP contribution in [0.25, 0.3) is 10.2 Å². The normalized spacial score (nSPS) is 15.5. The second-order valence-corrected chi connectivity index (χ2v) is 7.63. The standard InChI is InChI=1S/C20H21N3O2S/c24-19(25)13-15-4-3-5-16(12-15)14-22-8-10-23(11-9-22)20-21-17-6-1-2-7-18(17)26-20/h1-7,12H,8-11,13-14H2,(H,24,25). The van der Waals surface area contributed by atoms with Gasteiger partial charge in [0.1, 0.15) is 0 Å². The zero-order valence-electron chi connectivity index (χ0n) is 14.5. The number of benzene rings is 2. The molecule has 0 atom stereocenters. The van der Waals surface area contributed by atoms with Gasteiger partial charge < -0.3 is 10.0 Å². The van der Waals surface area contributed by atoms with Gasteiger partial charge in [0.15, 0.2) is 5.13 Å². The van der Waals surface area contributed by atoms with E-state index in [0.29, 0.717) is 0 Å². The molecule has 1 aliphatic rings. The van der Waals surface area contributed by atoms with Gasteiger partial charge in [-0.3, -0.25) is 9.69 Å². The molecule has 4 rings (SSSR count). The third-order valence-electron chi connectivity index (χ3n) is 4.68. The molecule has 6 heteroatoms. The fraction of sp³-hybridized carbons (Fsp3) is 0.300. The number of hydrogen-bond donors (Lipinski definition) is 1. The lowest BCUT2D eigenvalue weighted by atomic mass is 10.1. The maximum atomic E-state index is 10.9. The SMILES string of the molecule is O=C(O)Cc1cccc(CN2CCN(c3nc4ccccc4s3)CC2)c1. The van der Waals surface area contributed by atoms with E-state index >= 15 is 0 Å². The molecule has 0 radical (unpaired) electrons. The first-order chi connectivity index (χ1) is 12.7. The highest BCUT2D eigenvalue weighted by Gasteiger charge is 2.20. The van der Waals surface area contributed by atoms with Crippen molar-refractivity contribution in [1.29, 1.82) is 0 Å². The quantitative estimate of drug-likeness (QED) is 0.750. The van der Waals surface area contributed by atoms with Crippen LogP contribution in [0.2, 0.25) is 0 Å². The van der Waals surface area contributed by atoms with Gasteiger partial charge in [0.2, 0.25) is 0 Å². The van der Waals surface area contributed by atoms with E-state index in [4.69, 9.17) is 10.1 Å². The first kappa shape index (κ1) is 17.0. The minimum atomic E-state index is -0.786. The zero-order valence-corrected chi connectivity index (χ0v) is 15.3. The highest BCUT2D eigenvalue weighted by Crippen LogP contribution is 2.29. The summed E-state index contributed by atoms with van der Waals surface area (Å²) in [5, 5.41) is 10.1. The number of carboxylic acids is 1. The molecule has 0 amide bonds. The predicted octanol–water partition coefficient (Wildman–Crippen LogP) is 3.25. The average molecular weight is 367 g/mol. The highest BCUT2D eigenvalue weighted by molar-refractivity contribution is 7.22. The summed E-state index contributed by atoms with van der Waals surface area (Å²) >= 11 is 1.76. The van der Waals surface area contributed by atoms with E-state index in [1.54, 1.807) is 11.3 Å². The van der Waals surface area contributed by atoms with E-state index in [1.165, 1.54) is 10.3 Å². The van der Waals surface area contributed by atoms with Crippen LogP contribution in [0, 0.1) is 0 Å². The van der Waals surface area contributed by atoms with Crippen molar-refractivity contribution in [3.8, 4) is 0 Å². The Labute approximate surface area is 156 Å². The van der Waals surface area contributed by atoms with E-state index in [-0.39, 0.29) is 6.42 Å². The van der Waals surface area contributed by atoms with Crippen LogP contribution in [0.1, 0.15) is 11.1 Å². The number of hydrogen-bond acceptors (Lipinski definition) is 5. The Hall–Kier alpha value is -2.44. The van der Waals surface area contributed by atoms with Gasteiger partial charge in [-0.1, -0.05) is 47.7 Å². The van der Waals surface area contributed by atoms with Crippen LogP contribution in [0.4, 0.5) is 5.13 Å². The van der Waals surface area contributed by atoms with Gasteiger partial charge in [-0.2, -0.15) is 0 Å². The van der Waals surface area contributed by atoms with Gasteiger partial charge in [0, 0.05) is 32.7 Å². The monoisotopic (exact) mass is 367 g/mol. The smallest absolute Gasteiger partial charge is 0.307 e. The van der Waals surface area contributed by atoms with Crippen molar-refractivity contribution >= 4 is 32.7 Å². The molecule has 0 bridgehead atoms. The zero-order chi connectivity index (χ0) is 17.9. The Morgan fingerprint density at radius 1 is 1.04 bits per heavy atom. The molecule has 134 valence electrons. The Morgan fingerprint density at radius 2 is 1.81 bits per heavy atom. The Kier molecular flexibility index (Phi) is 4.86. The average Bonchev–Trinajstić information content (AvgIpc) is 3.06. The number of piperazine rings is 1. The Bertz CT molecular complexity index is 883. The number of carbonyl (C=O) groups is 1. The molecule has 1 aliphatic heterocycles. The third kappa shape index (κ3) is 3.86. The van der Waals surface area contributed by atoms with Gasteiger partial charge in [-0.05, 0) is 23.3 Å². The fourth-order valence-electron chi connectivity index (χ4n) is 3.36. The Morgan fingerprint density at radius 3 is 2.58 bits per heavy atom. The van der Waals surface area contributed by atoms with Gasteiger partial charge in [0.05, 0.1) is 16.6 Å². The van der Waals surface area contributed by atoms with E-state index < -0.39 is 5.97 Å². The molecule has 1 fully saturated rings. The summed E-state index contributed by atoms with van der Waals surface area (Å²) in [7, 11) is 0. The minimum absolute atomic E-state index is 0.0826. The van der Waals surface area contributed by atoms with E-state index in [2.05, 4.69) is 34.1 Å². The summed E-state index contributed by atoms with van der Waals surface area (Å²) in [5.41, 5.74) is 3.12. The maximum absolute atomic E-state index is 10.9. The van der Waals surface area contributed by atoms with E-state index in [0.717, 1.165) is 48.9 Å². The second-order valence-electron chi connectivity index (χ2n) is 6.62. The molecule has 0 saturated carbocycles. The lowest BCUT2D eigenvalue weighted by Crippen LogP contribution is -2.45. The van der Waals surface area contributed by atoms with Crippen molar-refractivity contribution in [1.82, 2.24) is 9.88 Å². The molecule has 1 saturated heterocycles. The van der Waals surface area contributed by atoms with Gasteiger partial charge in [-0.15, -0.1) is 0 Å². The molecule has 2 heterocycles. The van der Waals surface area contributed by atoms with Crippen LogP contribution in [0.3, 0.4) is 0 Å². The van der Waals surface area contributed by atoms with Crippen molar-refractivity contribution < 1.29 is 9.90 Å². The summed E-state index contributed by atoms with van der Waals surface area (Å²) in [6, 6.07) is 16.2. The lowest BCUT2D eigenvalue weighted by Gasteiger charge is -2.34. The predicted molar refractivity (Wildman–Crippen MR) is 105 cm³/mol. The molecule has 3 aromatic rings. The third-order valence-corrected chi connectivity index (χ3v) is 5.78. The molecule has 0 spiro atoms. The molecule has 5 nitrogen and oxygen atoms in total. The van der Waals surface area contributed by atoms with Crippen molar-refractivity contribution in [3.05, 3.63) is 59.7 Å². The maximum Gasteiger partial charge on any atom is 0.307 e. The minimum Gasteiger partial charge on any atom is -0.481 e. The highest BCUT2D eigenvalue weighted by atomic mass is 32.1. The summed E-state index contributed by atoms with van der Waals surface area (Å²) in [5.74, 6) is -0.786. The van der Waals surface area contributed by atoms with Crippen LogP contribution in [-0.2, 0) is 17.8 Å². The summed E-state index contributed by atoms with van der Waals surface area (Å²) in [4.78, 5) is 20.4. The molecular weight excluding hydrogens is 346 g/mol. The molecule has 0 unspecified atom stereocenters. The van der Waals surface area contributed by atoms with E-state index in [1.807, 2.05) is 24.3 Å². The van der Waals surface area contributed by atoms with Gasteiger partial charge in [0.25, 0.3) is 0 Å². The number of thiazole rings is 1. The van der Waals surface area contributed by atoms with Crippen LogP contribution in [0.5, 0.6) is 0 Å².